The van der Waals surface area contributed by atoms with Crippen molar-refractivity contribution < 1.29 is 9.66 Å². The smallest absolute Gasteiger partial charge is 0.271 e. The molecule has 112 valence electrons. The monoisotopic (exact) mass is 307 g/mol. The highest BCUT2D eigenvalue weighted by molar-refractivity contribution is 7.11. The summed E-state index contributed by atoms with van der Waals surface area (Å²) in [5.41, 5.74) is 1.56. The molecule has 1 unspecified atom stereocenters. The van der Waals surface area contributed by atoms with Gasteiger partial charge in [0.25, 0.3) is 5.69 Å². The van der Waals surface area contributed by atoms with E-state index in [1.165, 1.54) is 19.2 Å². The molecular weight excluding hydrogens is 290 g/mol. The van der Waals surface area contributed by atoms with Crippen LogP contribution in [0.2, 0.25) is 0 Å². The fraction of sp³-hybridized carbons (Fsp3) is 0.357. The lowest BCUT2D eigenvalue weighted by atomic mass is 10.2. The number of ether oxygens (including phenoxy) is 1. The first-order valence-corrected chi connectivity index (χ1v) is 7.27. The van der Waals surface area contributed by atoms with Crippen LogP contribution in [-0.2, 0) is 0 Å². The van der Waals surface area contributed by atoms with Crippen molar-refractivity contribution in [1.29, 1.82) is 0 Å². The zero-order chi connectivity index (χ0) is 15.6. The van der Waals surface area contributed by atoms with Crippen molar-refractivity contribution in [1.82, 2.24) is 4.98 Å². The first-order valence-electron chi connectivity index (χ1n) is 6.45. The number of methoxy groups -OCH3 is 1. The zero-order valence-corrected chi connectivity index (χ0v) is 13.2. The highest BCUT2D eigenvalue weighted by Gasteiger charge is 2.17. The Morgan fingerprint density at radius 2 is 2.14 bits per heavy atom. The van der Waals surface area contributed by atoms with Crippen molar-refractivity contribution in [2.24, 2.45) is 0 Å². The molecule has 0 saturated heterocycles. The van der Waals surface area contributed by atoms with E-state index >= 15 is 0 Å². The van der Waals surface area contributed by atoms with E-state index in [2.05, 4.69) is 10.3 Å². The lowest BCUT2D eigenvalue weighted by Crippen LogP contribution is -2.09. The highest BCUT2D eigenvalue weighted by atomic mass is 32.1. The molecule has 7 heteroatoms. The van der Waals surface area contributed by atoms with Crippen LogP contribution in [0.15, 0.2) is 18.2 Å². The molecule has 1 aromatic carbocycles. The standard InChI is InChI=1S/C14H17N3O3S/c1-8(14-9(2)21-10(3)16-14)15-12-7-11(17(18)19)5-6-13(12)20-4/h5-8,15H,1-4H3. The molecule has 1 atom stereocenters. The fourth-order valence-corrected chi connectivity index (χ4v) is 3.08. The Hall–Kier alpha value is -2.15. The average Bonchev–Trinajstić information content (AvgIpc) is 2.77. The molecule has 0 amide bonds. The molecule has 0 fully saturated rings. The summed E-state index contributed by atoms with van der Waals surface area (Å²) in [6.45, 7) is 5.95. The van der Waals surface area contributed by atoms with Gasteiger partial charge in [-0.2, -0.15) is 0 Å². The van der Waals surface area contributed by atoms with Crippen molar-refractivity contribution in [3.63, 3.8) is 0 Å². The number of nitro benzene ring substituents is 1. The normalized spacial score (nSPS) is 12.0. The van der Waals surface area contributed by atoms with E-state index in [9.17, 15) is 10.1 Å². The number of rotatable bonds is 5. The van der Waals surface area contributed by atoms with Crippen LogP contribution >= 0.6 is 11.3 Å². The second kappa shape index (κ2) is 6.09. The zero-order valence-electron chi connectivity index (χ0n) is 12.3. The van der Waals surface area contributed by atoms with Crippen molar-refractivity contribution >= 4 is 22.7 Å². The van der Waals surface area contributed by atoms with E-state index < -0.39 is 4.92 Å². The Labute approximate surface area is 126 Å². The molecule has 2 aromatic rings. The van der Waals surface area contributed by atoms with Crippen LogP contribution in [0.3, 0.4) is 0 Å². The van der Waals surface area contributed by atoms with Crippen LogP contribution in [-0.4, -0.2) is 17.0 Å². The Bertz CT molecular complexity index is 669. The second-order valence-electron chi connectivity index (χ2n) is 4.68. The summed E-state index contributed by atoms with van der Waals surface area (Å²) < 4.78 is 5.25. The molecule has 0 aliphatic heterocycles. The average molecular weight is 307 g/mol. The summed E-state index contributed by atoms with van der Waals surface area (Å²) in [6.07, 6.45) is 0. The van der Waals surface area contributed by atoms with E-state index in [-0.39, 0.29) is 11.7 Å². The fourth-order valence-electron chi connectivity index (χ4n) is 2.17. The van der Waals surface area contributed by atoms with Gasteiger partial charge in [-0.05, 0) is 26.8 Å². The van der Waals surface area contributed by atoms with E-state index in [1.807, 2.05) is 20.8 Å². The number of non-ortho nitro benzene ring substituents is 1. The summed E-state index contributed by atoms with van der Waals surface area (Å²) in [5.74, 6) is 0.567. The number of nitro groups is 1. The van der Waals surface area contributed by atoms with Gasteiger partial charge in [-0.1, -0.05) is 0 Å². The van der Waals surface area contributed by atoms with Gasteiger partial charge in [0.2, 0.25) is 0 Å². The number of aromatic nitrogens is 1. The number of nitrogens with one attached hydrogen (secondary N) is 1. The second-order valence-corrected chi connectivity index (χ2v) is 6.09. The van der Waals surface area contributed by atoms with E-state index in [0.717, 1.165) is 15.6 Å². The summed E-state index contributed by atoms with van der Waals surface area (Å²) in [4.78, 5) is 16.1. The largest absolute Gasteiger partial charge is 0.495 e. The predicted molar refractivity (Wildman–Crippen MR) is 83.3 cm³/mol. The van der Waals surface area contributed by atoms with Crippen molar-refractivity contribution in [2.75, 3.05) is 12.4 Å². The summed E-state index contributed by atoms with van der Waals surface area (Å²) >= 11 is 1.64. The van der Waals surface area contributed by atoms with Crippen LogP contribution in [0.25, 0.3) is 0 Å². The summed E-state index contributed by atoms with van der Waals surface area (Å²) in [7, 11) is 1.54. The molecule has 6 nitrogen and oxygen atoms in total. The van der Waals surface area contributed by atoms with Gasteiger partial charge in [-0.15, -0.1) is 11.3 Å². The number of hydrogen-bond donors (Lipinski definition) is 1. The lowest BCUT2D eigenvalue weighted by molar-refractivity contribution is -0.384. The molecule has 0 aliphatic rings. The third kappa shape index (κ3) is 3.30. The maximum atomic E-state index is 10.9. The summed E-state index contributed by atoms with van der Waals surface area (Å²) in [6, 6.07) is 4.43. The predicted octanol–water partition coefficient (Wildman–Crippen LogP) is 3.85. The quantitative estimate of drug-likeness (QED) is 0.670. The Morgan fingerprint density at radius 1 is 1.43 bits per heavy atom. The molecule has 0 saturated carbocycles. The van der Waals surface area contributed by atoms with Crippen LogP contribution in [0, 0.1) is 24.0 Å². The van der Waals surface area contributed by atoms with Gasteiger partial charge in [0.05, 0.1) is 34.5 Å². The molecule has 0 bridgehead atoms. The minimum absolute atomic E-state index is 0.0247. The van der Waals surface area contributed by atoms with Crippen molar-refractivity contribution in [2.45, 2.75) is 26.8 Å². The van der Waals surface area contributed by atoms with Gasteiger partial charge < -0.3 is 10.1 Å². The molecule has 2 rings (SSSR count). The van der Waals surface area contributed by atoms with Crippen molar-refractivity contribution in [3.05, 3.63) is 43.9 Å². The maximum Gasteiger partial charge on any atom is 0.271 e. The van der Waals surface area contributed by atoms with Gasteiger partial charge >= 0.3 is 0 Å². The van der Waals surface area contributed by atoms with Gasteiger partial charge in [0.1, 0.15) is 5.75 Å². The number of nitrogens with zero attached hydrogens (tertiary/aromatic N) is 2. The number of aryl methyl sites for hydroxylation is 2. The van der Waals surface area contributed by atoms with Gasteiger partial charge in [0, 0.05) is 17.0 Å². The third-order valence-electron chi connectivity index (χ3n) is 3.12. The molecule has 0 radical (unpaired) electrons. The number of hydrogen-bond acceptors (Lipinski definition) is 6. The number of thiazole rings is 1. The Morgan fingerprint density at radius 3 is 2.67 bits per heavy atom. The SMILES string of the molecule is COc1ccc([N+](=O)[O-])cc1NC(C)c1nc(C)sc1C. The van der Waals surface area contributed by atoms with E-state index in [4.69, 9.17) is 4.74 Å². The van der Waals surface area contributed by atoms with Gasteiger partial charge in [0.15, 0.2) is 0 Å². The number of benzene rings is 1. The third-order valence-corrected chi connectivity index (χ3v) is 4.02. The van der Waals surface area contributed by atoms with Crippen LogP contribution in [0.5, 0.6) is 5.75 Å². The Balaban J connectivity index is 2.31. The minimum atomic E-state index is -0.423. The number of anilines is 1. The van der Waals surface area contributed by atoms with E-state index in [1.54, 1.807) is 17.4 Å². The molecule has 1 aromatic heterocycles. The minimum Gasteiger partial charge on any atom is -0.495 e. The first kappa shape index (κ1) is 15.2. The lowest BCUT2D eigenvalue weighted by Gasteiger charge is -2.16. The molecule has 21 heavy (non-hydrogen) atoms. The summed E-state index contributed by atoms with van der Waals surface area (Å²) in [5, 5.41) is 15.1. The highest BCUT2D eigenvalue weighted by Crippen LogP contribution is 2.33. The maximum absolute atomic E-state index is 10.9. The molecule has 1 heterocycles. The molecule has 0 aliphatic carbocycles. The topological polar surface area (TPSA) is 77.3 Å². The molecular formula is C14H17N3O3S. The van der Waals surface area contributed by atoms with Gasteiger partial charge in [-0.25, -0.2) is 4.98 Å². The molecule has 1 N–H and O–H groups in total. The van der Waals surface area contributed by atoms with Crippen LogP contribution < -0.4 is 10.1 Å². The first-order chi connectivity index (χ1) is 9.92. The Kier molecular flexibility index (Phi) is 4.42. The van der Waals surface area contributed by atoms with Crippen LogP contribution in [0.1, 0.15) is 28.5 Å². The van der Waals surface area contributed by atoms with E-state index in [0.29, 0.717) is 11.4 Å². The molecule has 0 spiro atoms. The van der Waals surface area contributed by atoms with Crippen LogP contribution in [0.4, 0.5) is 11.4 Å². The van der Waals surface area contributed by atoms with Gasteiger partial charge in [-0.3, -0.25) is 10.1 Å². The van der Waals surface area contributed by atoms with Crippen molar-refractivity contribution in [3.8, 4) is 5.75 Å².